The van der Waals surface area contributed by atoms with Crippen LogP contribution in [0.25, 0.3) is 0 Å². The molecule has 3 nitrogen and oxygen atoms in total. The van der Waals surface area contributed by atoms with Crippen molar-refractivity contribution in [3.8, 4) is 11.5 Å². The van der Waals surface area contributed by atoms with E-state index in [9.17, 15) is 0 Å². The number of ether oxygens (including phenoxy) is 2. The molecule has 6 heteroatoms. The molecule has 0 bridgehead atoms. The summed E-state index contributed by atoms with van der Waals surface area (Å²) in [4.78, 5) is 1.15. The van der Waals surface area contributed by atoms with Gasteiger partial charge >= 0.3 is 0 Å². The van der Waals surface area contributed by atoms with Gasteiger partial charge in [0.1, 0.15) is 6.61 Å². The van der Waals surface area contributed by atoms with Crippen molar-refractivity contribution in [1.82, 2.24) is 5.32 Å². The number of hydrogen-bond acceptors (Lipinski definition) is 4. The van der Waals surface area contributed by atoms with Crippen LogP contribution in [-0.2, 0) is 19.7 Å². The minimum atomic E-state index is 0. The summed E-state index contributed by atoms with van der Waals surface area (Å²) in [7, 11) is 1.63. The number of halogens is 2. The second kappa shape index (κ2) is 10.4. The van der Waals surface area contributed by atoms with Crippen LogP contribution >= 0.6 is 35.3 Å². The first-order valence-electron chi connectivity index (χ1n) is 8.02. The maximum Gasteiger partial charge on any atom is 0.180 e. The fourth-order valence-electron chi connectivity index (χ4n) is 2.50. The van der Waals surface area contributed by atoms with Crippen molar-refractivity contribution < 1.29 is 9.47 Å². The van der Waals surface area contributed by atoms with Gasteiger partial charge in [-0.25, -0.2) is 0 Å². The Bertz CT molecular complexity index is 795. The Labute approximate surface area is 169 Å². The molecule has 0 aliphatic rings. The number of methoxy groups -OCH3 is 1. The number of benzene rings is 2. The molecule has 26 heavy (non-hydrogen) atoms. The fourth-order valence-corrected chi connectivity index (χ4v) is 3.40. The van der Waals surface area contributed by atoms with E-state index in [2.05, 4.69) is 17.4 Å². The highest BCUT2D eigenvalue weighted by Gasteiger charge is 2.12. The van der Waals surface area contributed by atoms with Crippen molar-refractivity contribution in [1.29, 1.82) is 0 Å². The van der Waals surface area contributed by atoms with Crippen molar-refractivity contribution in [2.24, 2.45) is 0 Å². The van der Waals surface area contributed by atoms with Gasteiger partial charge in [-0.3, -0.25) is 0 Å². The van der Waals surface area contributed by atoms with Crippen LogP contribution in [0.15, 0.2) is 60.0 Å². The molecule has 0 saturated heterocycles. The lowest BCUT2D eigenvalue weighted by atomic mass is 10.2. The number of hydrogen-bond donors (Lipinski definition) is 1. The molecule has 0 spiro atoms. The Morgan fingerprint density at radius 3 is 2.46 bits per heavy atom. The fraction of sp³-hybridized carbons (Fsp3) is 0.200. The van der Waals surface area contributed by atoms with E-state index >= 15 is 0 Å². The first kappa shape index (κ1) is 20.6. The Morgan fingerprint density at radius 2 is 1.77 bits per heavy atom. The summed E-state index contributed by atoms with van der Waals surface area (Å²) >= 11 is 8.07. The predicted molar refractivity (Wildman–Crippen MR) is 111 cm³/mol. The molecule has 0 aliphatic heterocycles. The highest BCUT2D eigenvalue weighted by molar-refractivity contribution is 7.09. The molecule has 0 amide bonds. The van der Waals surface area contributed by atoms with Crippen LogP contribution in [0.5, 0.6) is 11.5 Å². The Hall–Kier alpha value is -1.72. The van der Waals surface area contributed by atoms with Crippen molar-refractivity contribution in [2.75, 3.05) is 7.11 Å². The molecule has 0 fully saturated rings. The summed E-state index contributed by atoms with van der Waals surface area (Å²) in [5.74, 6) is 1.24. The van der Waals surface area contributed by atoms with Gasteiger partial charge in [0, 0.05) is 18.0 Å². The Balaban J connectivity index is 0.00000243. The summed E-state index contributed by atoms with van der Waals surface area (Å²) in [5, 5.41) is 6.01. The zero-order valence-electron chi connectivity index (χ0n) is 14.4. The lowest BCUT2D eigenvalue weighted by molar-refractivity contribution is 0.287. The van der Waals surface area contributed by atoms with Gasteiger partial charge in [-0.1, -0.05) is 48.0 Å². The lowest BCUT2D eigenvalue weighted by Gasteiger charge is -2.14. The molecule has 0 aliphatic carbocycles. The first-order chi connectivity index (χ1) is 12.3. The van der Waals surface area contributed by atoms with E-state index in [4.69, 9.17) is 21.1 Å². The van der Waals surface area contributed by atoms with Gasteiger partial charge in [0.05, 0.1) is 12.1 Å². The van der Waals surface area contributed by atoms with Crippen LogP contribution < -0.4 is 14.8 Å². The van der Waals surface area contributed by atoms with E-state index in [1.54, 1.807) is 18.4 Å². The SMILES string of the molecule is COc1cc(CNCc2ccccc2)cc(Cl)c1OCc1cccs1.Cl. The summed E-state index contributed by atoms with van der Waals surface area (Å²) in [6.45, 7) is 1.99. The van der Waals surface area contributed by atoms with Gasteiger partial charge in [-0.2, -0.15) is 0 Å². The topological polar surface area (TPSA) is 30.5 Å². The molecule has 1 heterocycles. The van der Waals surface area contributed by atoms with Gasteiger partial charge in [0.15, 0.2) is 11.5 Å². The number of rotatable bonds is 8. The maximum absolute atomic E-state index is 6.42. The summed E-state index contributed by atoms with van der Waals surface area (Å²) in [6, 6.07) is 18.2. The molecule has 0 atom stereocenters. The van der Waals surface area contributed by atoms with Gasteiger partial charge in [0.25, 0.3) is 0 Å². The molecule has 1 aromatic heterocycles. The van der Waals surface area contributed by atoms with Crippen molar-refractivity contribution in [3.63, 3.8) is 0 Å². The van der Waals surface area contributed by atoms with Crippen LogP contribution in [0.3, 0.4) is 0 Å². The predicted octanol–water partition coefficient (Wildman–Crippen LogP) is 5.70. The summed E-state index contributed by atoms with van der Waals surface area (Å²) in [5.41, 5.74) is 2.30. The third-order valence-electron chi connectivity index (χ3n) is 3.73. The van der Waals surface area contributed by atoms with Gasteiger partial charge in [-0.05, 0) is 34.7 Å². The second-order valence-corrected chi connectivity index (χ2v) is 7.01. The molecular formula is C20H21Cl2NO2S. The van der Waals surface area contributed by atoms with Crippen molar-refractivity contribution in [2.45, 2.75) is 19.7 Å². The minimum Gasteiger partial charge on any atom is -0.493 e. The molecule has 138 valence electrons. The Kier molecular flexibility index (Phi) is 8.26. The molecule has 1 N–H and O–H groups in total. The van der Waals surface area contributed by atoms with E-state index in [0.717, 1.165) is 17.0 Å². The lowest BCUT2D eigenvalue weighted by Crippen LogP contribution is -2.12. The van der Waals surface area contributed by atoms with Gasteiger partial charge < -0.3 is 14.8 Å². The average Bonchev–Trinajstić information content (AvgIpc) is 3.15. The maximum atomic E-state index is 6.42. The molecule has 3 rings (SSSR count). The quantitative estimate of drug-likeness (QED) is 0.517. The van der Waals surface area contributed by atoms with Gasteiger partial charge in [0.2, 0.25) is 0 Å². The van der Waals surface area contributed by atoms with Crippen molar-refractivity contribution in [3.05, 3.63) is 81.0 Å². The van der Waals surface area contributed by atoms with Crippen LogP contribution in [0.4, 0.5) is 0 Å². The normalized spacial score (nSPS) is 10.2. The summed E-state index contributed by atoms with van der Waals surface area (Å²) < 4.78 is 11.3. The monoisotopic (exact) mass is 409 g/mol. The zero-order chi connectivity index (χ0) is 17.5. The molecule has 3 aromatic rings. The second-order valence-electron chi connectivity index (χ2n) is 5.57. The Morgan fingerprint density at radius 1 is 1.00 bits per heavy atom. The third kappa shape index (κ3) is 5.64. The minimum absolute atomic E-state index is 0. The molecule has 0 radical (unpaired) electrons. The first-order valence-corrected chi connectivity index (χ1v) is 9.28. The molecular weight excluding hydrogens is 389 g/mol. The number of nitrogens with one attached hydrogen (secondary N) is 1. The van der Waals surface area contributed by atoms with E-state index in [1.165, 1.54) is 5.56 Å². The highest BCUT2D eigenvalue weighted by Crippen LogP contribution is 2.37. The number of thiophene rings is 1. The average molecular weight is 410 g/mol. The zero-order valence-corrected chi connectivity index (χ0v) is 16.8. The molecule has 0 unspecified atom stereocenters. The molecule has 0 saturated carbocycles. The smallest absolute Gasteiger partial charge is 0.180 e. The van der Waals surface area contributed by atoms with E-state index < -0.39 is 0 Å². The summed E-state index contributed by atoms with van der Waals surface area (Å²) in [6.07, 6.45) is 0. The molecule has 2 aromatic carbocycles. The van der Waals surface area contributed by atoms with Crippen LogP contribution in [0, 0.1) is 0 Å². The van der Waals surface area contributed by atoms with Crippen LogP contribution in [0.1, 0.15) is 16.0 Å². The standard InChI is InChI=1S/C20H20ClNO2S.ClH/c1-23-19-11-16(13-22-12-15-6-3-2-4-7-15)10-18(21)20(19)24-14-17-8-5-9-25-17;/h2-11,22H,12-14H2,1H3;1H. The van der Waals surface area contributed by atoms with Crippen LogP contribution in [0.2, 0.25) is 5.02 Å². The van der Waals surface area contributed by atoms with E-state index in [0.29, 0.717) is 29.7 Å². The van der Waals surface area contributed by atoms with E-state index in [-0.39, 0.29) is 12.4 Å². The van der Waals surface area contributed by atoms with Crippen molar-refractivity contribution >= 4 is 35.3 Å². The van der Waals surface area contributed by atoms with Gasteiger partial charge in [-0.15, -0.1) is 23.7 Å². The van der Waals surface area contributed by atoms with Crippen LogP contribution in [-0.4, -0.2) is 7.11 Å². The largest absolute Gasteiger partial charge is 0.493 e. The third-order valence-corrected chi connectivity index (χ3v) is 4.86. The highest BCUT2D eigenvalue weighted by atomic mass is 35.5. The van der Waals surface area contributed by atoms with E-state index in [1.807, 2.05) is 47.8 Å².